The molecule has 1 aromatic rings. The van der Waals surface area contributed by atoms with Crippen LogP contribution in [0.3, 0.4) is 0 Å². The Morgan fingerprint density at radius 3 is 2.83 bits per heavy atom. The molecule has 0 aromatic carbocycles. The van der Waals surface area contributed by atoms with E-state index in [0.717, 1.165) is 74.2 Å². The Balaban J connectivity index is 1.48. The molecule has 4 rings (SSSR count). The van der Waals surface area contributed by atoms with E-state index < -0.39 is 0 Å². The van der Waals surface area contributed by atoms with Gasteiger partial charge in [0.15, 0.2) is 5.13 Å². The van der Waals surface area contributed by atoms with E-state index in [0.29, 0.717) is 6.54 Å². The number of rotatable bonds is 2. The highest BCUT2D eigenvalue weighted by molar-refractivity contribution is 7.17. The van der Waals surface area contributed by atoms with Gasteiger partial charge in [-0.2, -0.15) is 0 Å². The summed E-state index contributed by atoms with van der Waals surface area (Å²) in [5, 5.41) is 10.6. The van der Waals surface area contributed by atoms with Crippen molar-refractivity contribution in [3.8, 4) is 0 Å². The number of ether oxygens (including phenoxy) is 1. The Hall–Kier alpha value is -1.18. The molecule has 3 fully saturated rings. The van der Waals surface area contributed by atoms with Crippen LogP contribution in [0.25, 0.3) is 0 Å². The van der Waals surface area contributed by atoms with Crippen molar-refractivity contribution in [2.45, 2.75) is 38.7 Å². The van der Waals surface area contributed by atoms with Gasteiger partial charge in [-0.05, 0) is 38.0 Å². The minimum atomic E-state index is -0.277. The van der Waals surface area contributed by atoms with Gasteiger partial charge >= 0.3 is 0 Å². The first-order valence-corrected chi connectivity index (χ1v) is 9.65. The quantitative estimate of drug-likeness (QED) is 0.878. The Bertz CT molecular complexity index is 627. The van der Waals surface area contributed by atoms with Crippen LogP contribution in [-0.2, 0) is 4.74 Å². The smallest absolute Gasteiger partial charge is 0.265 e. The molecule has 1 amide bonds. The Labute approximate surface area is 146 Å². The fourth-order valence-corrected chi connectivity index (χ4v) is 5.17. The molecule has 3 saturated heterocycles. The third-order valence-electron chi connectivity index (χ3n) is 5.69. The number of hydrogen-bond acceptors (Lipinski definition) is 6. The van der Waals surface area contributed by atoms with Crippen LogP contribution in [0.4, 0.5) is 5.13 Å². The number of aliphatic hydroxyl groups is 1. The van der Waals surface area contributed by atoms with E-state index >= 15 is 0 Å². The molecule has 0 aliphatic carbocycles. The SMILES string of the molecule is Cc1nc(N2CC[C@H](O)C2)sc1C(=O)N1CCC2(CCOCC2)C1. The lowest BCUT2D eigenvalue weighted by molar-refractivity contribution is 0.0191. The van der Waals surface area contributed by atoms with E-state index in [9.17, 15) is 9.90 Å². The lowest BCUT2D eigenvalue weighted by atomic mass is 9.80. The van der Waals surface area contributed by atoms with Crippen LogP contribution >= 0.6 is 11.3 Å². The Kier molecular flexibility index (Phi) is 4.26. The van der Waals surface area contributed by atoms with Crippen molar-refractivity contribution < 1.29 is 14.6 Å². The summed E-state index contributed by atoms with van der Waals surface area (Å²) < 4.78 is 5.49. The number of anilines is 1. The summed E-state index contributed by atoms with van der Waals surface area (Å²) in [5.41, 5.74) is 1.09. The van der Waals surface area contributed by atoms with E-state index in [2.05, 4.69) is 9.88 Å². The number of aliphatic hydroxyl groups excluding tert-OH is 1. The maximum Gasteiger partial charge on any atom is 0.265 e. The van der Waals surface area contributed by atoms with Crippen LogP contribution in [0.5, 0.6) is 0 Å². The highest BCUT2D eigenvalue weighted by atomic mass is 32.1. The minimum Gasteiger partial charge on any atom is -0.391 e. The molecule has 4 heterocycles. The summed E-state index contributed by atoms with van der Waals surface area (Å²) in [4.78, 5) is 22.4. The fourth-order valence-electron chi connectivity index (χ4n) is 4.10. The molecule has 0 radical (unpaired) electrons. The molecular formula is C17H25N3O3S. The number of likely N-dealkylation sites (tertiary alicyclic amines) is 1. The van der Waals surface area contributed by atoms with Gasteiger partial charge in [-0.1, -0.05) is 11.3 Å². The van der Waals surface area contributed by atoms with E-state index in [4.69, 9.17) is 4.74 Å². The Morgan fingerprint density at radius 1 is 1.33 bits per heavy atom. The molecule has 132 valence electrons. The van der Waals surface area contributed by atoms with Crippen molar-refractivity contribution in [3.05, 3.63) is 10.6 Å². The standard InChI is InChI=1S/C17H25N3O3S/c1-12-14(24-16(18-12)19-6-2-13(21)10-19)15(22)20-7-3-17(11-20)4-8-23-9-5-17/h13,21H,2-11H2,1H3/t13-/m0/s1. The summed E-state index contributed by atoms with van der Waals surface area (Å²) in [7, 11) is 0. The zero-order valence-electron chi connectivity index (χ0n) is 14.2. The Morgan fingerprint density at radius 2 is 2.12 bits per heavy atom. The second-order valence-electron chi connectivity index (χ2n) is 7.39. The number of β-amino-alcohol motifs (C(OH)–C–C–N with tert-alkyl or cyclic N) is 1. The van der Waals surface area contributed by atoms with Crippen LogP contribution < -0.4 is 4.90 Å². The number of thiazole rings is 1. The first kappa shape index (κ1) is 16.3. The number of amides is 1. The van der Waals surface area contributed by atoms with Gasteiger partial charge in [-0.3, -0.25) is 4.79 Å². The van der Waals surface area contributed by atoms with Gasteiger partial charge in [0.25, 0.3) is 5.91 Å². The lowest BCUT2D eigenvalue weighted by Crippen LogP contribution is -2.35. The predicted molar refractivity (Wildman–Crippen MR) is 92.7 cm³/mol. The van der Waals surface area contributed by atoms with E-state index in [1.807, 2.05) is 11.8 Å². The first-order valence-electron chi connectivity index (χ1n) is 8.84. The number of carbonyl (C=O) groups excluding carboxylic acids is 1. The molecule has 3 aliphatic heterocycles. The zero-order valence-corrected chi connectivity index (χ0v) is 15.0. The number of carbonyl (C=O) groups is 1. The summed E-state index contributed by atoms with van der Waals surface area (Å²) in [6.45, 7) is 6.69. The van der Waals surface area contributed by atoms with Crippen molar-refractivity contribution in [2.24, 2.45) is 5.41 Å². The maximum absolute atomic E-state index is 13.0. The summed E-state index contributed by atoms with van der Waals surface area (Å²) in [6.07, 6.45) is 3.72. The molecule has 1 aromatic heterocycles. The van der Waals surface area contributed by atoms with E-state index in [1.54, 1.807) is 0 Å². The topological polar surface area (TPSA) is 65.9 Å². The van der Waals surface area contributed by atoms with Gasteiger partial charge in [-0.15, -0.1) is 0 Å². The average Bonchev–Trinajstić information content (AvgIpc) is 3.27. The van der Waals surface area contributed by atoms with Crippen LogP contribution in [0.2, 0.25) is 0 Å². The average molecular weight is 351 g/mol. The molecule has 0 bridgehead atoms. The van der Waals surface area contributed by atoms with Gasteiger partial charge in [0, 0.05) is 39.4 Å². The molecule has 7 heteroatoms. The molecule has 1 spiro atoms. The van der Waals surface area contributed by atoms with Crippen LogP contribution in [-0.4, -0.2) is 66.4 Å². The molecule has 0 unspecified atom stereocenters. The normalized spacial score (nSPS) is 26.5. The molecule has 1 N–H and O–H groups in total. The third-order valence-corrected chi connectivity index (χ3v) is 6.90. The van der Waals surface area contributed by atoms with Crippen LogP contribution in [0, 0.1) is 12.3 Å². The summed E-state index contributed by atoms with van der Waals surface area (Å²) in [6, 6.07) is 0. The second-order valence-corrected chi connectivity index (χ2v) is 8.37. The van der Waals surface area contributed by atoms with Gasteiger partial charge in [-0.25, -0.2) is 4.98 Å². The van der Waals surface area contributed by atoms with Crippen molar-refractivity contribution in [3.63, 3.8) is 0 Å². The highest BCUT2D eigenvalue weighted by Crippen LogP contribution is 2.41. The molecule has 6 nitrogen and oxygen atoms in total. The fraction of sp³-hybridized carbons (Fsp3) is 0.765. The van der Waals surface area contributed by atoms with Gasteiger partial charge in [0.1, 0.15) is 4.88 Å². The highest BCUT2D eigenvalue weighted by Gasteiger charge is 2.41. The number of aromatic nitrogens is 1. The van der Waals surface area contributed by atoms with Gasteiger partial charge in [0.2, 0.25) is 0 Å². The van der Waals surface area contributed by atoms with Crippen LogP contribution in [0.15, 0.2) is 0 Å². The minimum absolute atomic E-state index is 0.124. The van der Waals surface area contributed by atoms with Crippen molar-refractivity contribution in [1.82, 2.24) is 9.88 Å². The maximum atomic E-state index is 13.0. The first-order chi connectivity index (χ1) is 11.6. The van der Waals surface area contributed by atoms with Crippen LogP contribution in [0.1, 0.15) is 41.0 Å². The molecule has 3 aliphatic rings. The largest absolute Gasteiger partial charge is 0.391 e. The third kappa shape index (κ3) is 2.93. The number of hydrogen-bond donors (Lipinski definition) is 1. The van der Waals surface area contributed by atoms with Crippen molar-refractivity contribution in [1.29, 1.82) is 0 Å². The molecule has 24 heavy (non-hydrogen) atoms. The number of nitrogens with zero attached hydrogens (tertiary/aromatic N) is 3. The number of aryl methyl sites for hydroxylation is 1. The predicted octanol–water partition coefficient (Wildman–Crippen LogP) is 1.67. The monoisotopic (exact) mass is 351 g/mol. The van der Waals surface area contributed by atoms with E-state index in [-0.39, 0.29) is 17.4 Å². The van der Waals surface area contributed by atoms with Gasteiger partial charge in [0.05, 0.1) is 11.8 Å². The lowest BCUT2D eigenvalue weighted by Gasteiger charge is -2.33. The summed E-state index contributed by atoms with van der Waals surface area (Å²) in [5.74, 6) is 0.124. The summed E-state index contributed by atoms with van der Waals surface area (Å²) >= 11 is 1.48. The van der Waals surface area contributed by atoms with Crippen molar-refractivity contribution in [2.75, 3.05) is 44.3 Å². The molecule has 1 atom stereocenters. The van der Waals surface area contributed by atoms with Crippen molar-refractivity contribution >= 4 is 22.4 Å². The second kappa shape index (κ2) is 6.28. The van der Waals surface area contributed by atoms with E-state index in [1.165, 1.54) is 11.3 Å². The molecular weight excluding hydrogens is 326 g/mol. The molecule has 0 saturated carbocycles. The zero-order chi connectivity index (χ0) is 16.7. The van der Waals surface area contributed by atoms with Gasteiger partial charge < -0.3 is 19.6 Å².